The molecule has 0 saturated carbocycles. The van der Waals surface area contributed by atoms with Gasteiger partial charge < -0.3 is 4.57 Å². The quantitative estimate of drug-likeness (QED) is 0.771. The lowest BCUT2D eigenvalue weighted by Gasteiger charge is -2.10. The van der Waals surface area contributed by atoms with Crippen LogP contribution in [0.25, 0.3) is 5.69 Å². The third-order valence-corrected chi connectivity index (χ3v) is 2.73. The summed E-state index contributed by atoms with van der Waals surface area (Å²) in [5.74, 6) is -0.0473. The normalized spacial score (nSPS) is 10.4. The van der Waals surface area contributed by atoms with E-state index in [4.69, 9.17) is 23.2 Å². The van der Waals surface area contributed by atoms with E-state index >= 15 is 0 Å². The van der Waals surface area contributed by atoms with Crippen molar-refractivity contribution in [3.63, 3.8) is 0 Å². The molecule has 2 aromatic rings. The summed E-state index contributed by atoms with van der Waals surface area (Å²) in [6.45, 7) is 1.49. The number of carbonyl (C=O) groups is 1. The standard InChI is InChI=1S/C11H8Cl2N2O/c1-7(16)10-3-2-4-15(10)11-8(12)5-14-6-9(11)13/h2-6H,1H3. The van der Waals surface area contributed by atoms with Crippen molar-refractivity contribution in [2.24, 2.45) is 0 Å². The molecule has 0 N–H and O–H groups in total. The van der Waals surface area contributed by atoms with Crippen LogP contribution in [0.2, 0.25) is 10.0 Å². The highest BCUT2D eigenvalue weighted by Crippen LogP contribution is 2.28. The number of hydrogen-bond donors (Lipinski definition) is 0. The molecule has 2 aromatic heterocycles. The average molecular weight is 255 g/mol. The number of rotatable bonds is 2. The van der Waals surface area contributed by atoms with Crippen molar-refractivity contribution >= 4 is 29.0 Å². The summed E-state index contributed by atoms with van der Waals surface area (Å²) in [6, 6.07) is 3.49. The van der Waals surface area contributed by atoms with E-state index in [2.05, 4.69) is 4.98 Å². The zero-order chi connectivity index (χ0) is 11.7. The van der Waals surface area contributed by atoms with E-state index in [9.17, 15) is 4.79 Å². The van der Waals surface area contributed by atoms with Crippen molar-refractivity contribution in [1.82, 2.24) is 9.55 Å². The van der Waals surface area contributed by atoms with Gasteiger partial charge in [-0.15, -0.1) is 0 Å². The van der Waals surface area contributed by atoms with E-state index in [0.29, 0.717) is 21.4 Å². The van der Waals surface area contributed by atoms with Crippen molar-refractivity contribution in [2.45, 2.75) is 6.92 Å². The summed E-state index contributed by atoms with van der Waals surface area (Å²) in [5.41, 5.74) is 1.11. The van der Waals surface area contributed by atoms with Gasteiger partial charge in [0.25, 0.3) is 0 Å². The van der Waals surface area contributed by atoms with Crippen LogP contribution < -0.4 is 0 Å². The maximum atomic E-state index is 11.4. The molecule has 82 valence electrons. The highest BCUT2D eigenvalue weighted by Gasteiger charge is 2.13. The Morgan fingerprint density at radius 3 is 2.50 bits per heavy atom. The molecule has 2 rings (SSSR count). The molecular formula is C11H8Cl2N2O. The van der Waals surface area contributed by atoms with Gasteiger partial charge in [-0.1, -0.05) is 23.2 Å². The third-order valence-electron chi connectivity index (χ3n) is 2.18. The van der Waals surface area contributed by atoms with Crippen LogP contribution in [0.3, 0.4) is 0 Å². The molecule has 0 aliphatic carbocycles. The highest BCUT2D eigenvalue weighted by atomic mass is 35.5. The number of aromatic nitrogens is 2. The molecule has 0 amide bonds. The number of nitrogens with zero attached hydrogens (tertiary/aromatic N) is 2. The zero-order valence-corrected chi connectivity index (χ0v) is 9.96. The zero-order valence-electron chi connectivity index (χ0n) is 8.45. The Balaban J connectivity index is 2.68. The smallest absolute Gasteiger partial charge is 0.176 e. The molecular weight excluding hydrogens is 247 g/mol. The molecule has 0 aromatic carbocycles. The summed E-state index contributed by atoms with van der Waals surface area (Å²) in [7, 11) is 0. The molecule has 0 aliphatic heterocycles. The van der Waals surface area contributed by atoms with Gasteiger partial charge >= 0.3 is 0 Å². The maximum absolute atomic E-state index is 11.4. The first-order valence-electron chi connectivity index (χ1n) is 4.59. The molecule has 16 heavy (non-hydrogen) atoms. The Labute approximate surface area is 103 Å². The Morgan fingerprint density at radius 2 is 1.94 bits per heavy atom. The third kappa shape index (κ3) is 1.84. The van der Waals surface area contributed by atoms with Crippen LogP contribution in [-0.2, 0) is 0 Å². The lowest BCUT2D eigenvalue weighted by molar-refractivity contribution is 0.101. The lowest BCUT2D eigenvalue weighted by Crippen LogP contribution is -2.04. The number of carbonyl (C=O) groups excluding carboxylic acids is 1. The Kier molecular flexibility index (Phi) is 2.99. The average Bonchev–Trinajstić information content (AvgIpc) is 2.66. The van der Waals surface area contributed by atoms with Crippen molar-refractivity contribution in [1.29, 1.82) is 0 Å². The van der Waals surface area contributed by atoms with Crippen LogP contribution in [-0.4, -0.2) is 15.3 Å². The molecule has 3 nitrogen and oxygen atoms in total. The fourth-order valence-electron chi connectivity index (χ4n) is 1.50. The number of pyridine rings is 1. The van der Waals surface area contributed by atoms with E-state index in [0.717, 1.165) is 0 Å². The van der Waals surface area contributed by atoms with Crippen LogP contribution in [0.1, 0.15) is 17.4 Å². The van der Waals surface area contributed by atoms with Gasteiger partial charge in [0.2, 0.25) is 0 Å². The van der Waals surface area contributed by atoms with E-state index < -0.39 is 0 Å². The summed E-state index contributed by atoms with van der Waals surface area (Å²) in [4.78, 5) is 15.3. The molecule has 0 unspecified atom stereocenters. The maximum Gasteiger partial charge on any atom is 0.176 e. The van der Waals surface area contributed by atoms with Crippen LogP contribution in [0.5, 0.6) is 0 Å². The van der Waals surface area contributed by atoms with Crippen molar-refractivity contribution in [3.8, 4) is 5.69 Å². The summed E-state index contributed by atoms with van der Waals surface area (Å²) >= 11 is 12.0. The number of ketones is 1. The monoisotopic (exact) mass is 254 g/mol. The minimum Gasteiger partial charge on any atom is -0.311 e. The van der Waals surface area contributed by atoms with Gasteiger partial charge in [-0.3, -0.25) is 9.78 Å². The van der Waals surface area contributed by atoms with E-state index in [1.165, 1.54) is 19.3 Å². The molecule has 5 heteroatoms. The topological polar surface area (TPSA) is 34.9 Å². The predicted octanol–water partition coefficient (Wildman–Crippen LogP) is 3.38. The van der Waals surface area contributed by atoms with Gasteiger partial charge in [0.15, 0.2) is 5.78 Å². The van der Waals surface area contributed by atoms with E-state index in [-0.39, 0.29) is 5.78 Å². The van der Waals surface area contributed by atoms with Crippen LogP contribution in [0, 0.1) is 0 Å². The minimum atomic E-state index is -0.0473. The summed E-state index contributed by atoms with van der Waals surface area (Å²) in [6.07, 6.45) is 4.73. The fraction of sp³-hybridized carbons (Fsp3) is 0.0909. The van der Waals surface area contributed by atoms with Gasteiger partial charge in [0.1, 0.15) is 0 Å². The van der Waals surface area contributed by atoms with E-state index in [1.54, 1.807) is 22.9 Å². The molecule has 0 spiro atoms. The van der Waals surface area contributed by atoms with Crippen LogP contribution in [0.15, 0.2) is 30.7 Å². The van der Waals surface area contributed by atoms with Crippen molar-refractivity contribution in [3.05, 3.63) is 46.5 Å². The first kappa shape index (κ1) is 11.2. The first-order valence-corrected chi connectivity index (χ1v) is 5.34. The van der Waals surface area contributed by atoms with Gasteiger partial charge in [-0.25, -0.2) is 0 Å². The fourth-order valence-corrected chi connectivity index (χ4v) is 2.04. The predicted molar refractivity (Wildman–Crippen MR) is 63.6 cm³/mol. The van der Waals surface area contributed by atoms with Gasteiger partial charge in [-0.05, 0) is 12.1 Å². The molecule has 0 bridgehead atoms. The SMILES string of the molecule is CC(=O)c1cccn1-c1c(Cl)cncc1Cl. The molecule has 0 saturated heterocycles. The van der Waals surface area contributed by atoms with Crippen LogP contribution >= 0.6 is 23.2 Å². The Morgan fingerprint density at radius 1 is 1.31 bits per heavy atom. The van der Waals surface area contributed by atoms with Gasteiger partial charge in [0, 0.05) is 25.5 Å². The lowest BCUT2D eigenvalue weighted by atomic mass is 10.3. The summed E-state index contributed by atoms with van der Waals surface area (Å²) < 4.78 is 1.66. The van der Waals surface area contributed by atoms with Gasteiger partial charge in [0.05, 0.1) is 21.4 Å². The molecule has 0 aliphatic rings. The molecule has 2 heterocycles. The molecule has 0 fully saturated rings. The highest BCUT2D eigenvalue weighted by molar-refractivity contribution is 6.37. The largest absolute Gasteiger partial charge is 0.311 e. The Hall–Kier alpha value is -1.32. The second kappa shape index (κ2) is 4.28. The molecule has 0 atom stereocenters. The van der Waals surface area contributed by atoms with Crippen molar-refractivity contribution in [2.75, 3.05) is 0 Å². The second-order valence-corrected chi connectivity index (χ2v) is 4.09. The Bertz CT molecular complexity index is 528. The van der Waals surface area contributed by atoms with E-state index in [1.807, 2.05) is 0 Å². The van der Waals surface area contributed by atoms with Gasteiger partial charge in [-0.2, -0.15) is 0 Å². The minimum absolute atomic E-state index is 0.0473. The number of Topliss-reactive ketones (excluding diaryl/α,β-unsaturated/α-hetero) is 1. The van der Waals surface area contributed by atoms with Crippen LogP contribution in [0.4, 0.5) is 0 Å². The van der Waals surface area contributed by atoms with Crippen molar-refractivity contribution < 1.29 is 4.79 Å². The summed E-state index contributed by atoms with van der Waals surface area (Å²) in [5, 5.41) is 0.817. The number of hydrogen-bond acceptors (Lipinski definition) is 2. The molecule has 0 radical (unpaired) electrons. The first-order chi connectivity index (χ1) is 7.61. The number of halogens is 2. The second-order valence-electron chi connectivity index (χ2n) is 3.27.